The molecule has 1 fully saturated rings. The minimum Gasteiger partial charge on any atom is -0.340 e. The molecule has 4 nitrogen and oxygen atoms in total. The van der Waals surface area contributed by atoms with E-state index >= 15 is 0 Å². The SMILES string of the molecule is O=C(Cc1c(F)cccc1Cl)N1CCC[C@H](n2ccnc2)C1. The number of benzene rings is 1. The maximum Gasteiger partial charge on any atom is 0.227 e. The number of hydrogen-bond donors (Lipinski definition) is 0. The molecule has 3 rings (SSSR count). The number of likely N-dealkylation sites (tertiary alicyclic amines) is 1. The van der Waals surface area contributed by atoms with E-state index in [1.165, 1.54) is 6.07 Å². The highest BCUT2D eigenvalue weighted by molar-refractivity contribution is 6.31. The third-order valence-electron chi connectivity index (χ3n) is 4.09. The van der Waals surface area contributed by atoms with Crippen LogP contribution in [0.5, 0.6) is 0 Å². The molecule has 116 valence electrons. The minimum absolute atomic E-state index is 0.00214. The fourth-order valence-electron chi connectivity index (χ4n) is 2.87. The van der Waals surface area contributed by atoms with Crippen LogP contribution in [-0.4, -0.2) is 33.4 Å². The van der Waals surface area contributed by atoms with Gasteiger partial charge in [0.2, 0.25) is 5.91 Å². The monoisotopic (exact) mass is 321 g/mol. The van der Waals surface area contributed by atoms with E-state index in [0.29, 0.717) is 18.1 Å². The molecule has 0 bridgehead atoms. The number of rotatable bonds is 3. The first kappa shape index (κ1) is 15.0. The molecule has 0 unspecified atom stereocenters. The van der Waals surface area contributed by atoms with Crippen LogP contribution in [0.4, 0.5) is 4.39 Å². The second-order valence-electron chi connectivity index (χ2n) is 5.52. The van der Waals surface area contributed by atoms with Crippen molar-refractivity contribution in [2.45, 2.75) is 25.3 Å². The number of imidazole rings is 1. The summed E-state index contributed by atoms with van der Waals surface area (Å²) in [5.74, 6) is -0.513. The first-order valence-corrected chi connectivity index (χ1v) is 7.71. The average molecular weight is 322 g/mol. The third-order valence-corrected chi connectivity index (χ3v) is 4.44. The highest BCUT2D eigenvalue weighted by atomic mass is 35.5. The Morgan fingerprint density at radius 2 is 2.32 bits per heavy atom. The zero-order chi connectivity index (χ0) is 15.5. The number of aromatic nitrogens is 2. The molecule has 0 saturated carbocycles. The van der Waals surface area contributed by atoms with Gasteiger partial charge in [0.05, 0.1) is 18.8 Å². The van der Waals surface area contributed by atoms with Crippen LogP contribution in [0.2, 0.25) is 5.02 Å². The smallest absolute Gasteiger partial charge is 0.227 e. The molecule has 1 aliphatic heterocycles. The standard InChI is InChI=1S/C16H17ClFN3O/c17-14-4-1-5-15(18)13(14)9-16(22)20-7-2-3-12(10-20)21-8-6-19-11-21/h1,4-6,8,11-12H,2-3,7,9-10H2/t12-/m0/s1. The van der Waals surface area contributed by atoms with Gasteiger partial charge in [-0.1, -0.05) is 17.7 Å². The maximum atomic E-state index is 13.8. The van der Waals surface area contributed by atoms with E-state index in [4.69, 9.17) is 11.6 Å². The Kier molecular flexibility index (Phi) is 4.43. The van der Waals surface area contributed by atoms with Crippen molar-refractivity contribution >= 4 is 17.5 Å². The number of hydrogen-bond acceptors (Lipinski definition) is 2. The molecule has 22 heavy (non-hydrogen) atoms. The molecule has 2 heterocycles. The van der Waals surface area contributed by atoms with E-state index in [2.05, 4.69) is 4.98 Å². The van der Waals surface area contributed by atoms with Crippen molar-refractivity contribution in [3.8, 4) is 0 Å². The van der Waals surface area contributed by atoms with Crippen LogP contribution in [-0.2, 0) is 11.2 Å². The molecular formula is C16H17ClFN3O. The number of carbonyl (C=O) groups is 1. The maximum absolute atomic E-state index is 13.8. The summed E-state index contributed by atoms with van der Waals surface area (Å²) < 4.78 is 15.8. The fourth-order valence-corrected chi connectivity index (χ4v) is 3.10. The third kappa shape index (κ3) is 3.14. The number of amides is 1. The van der Waals surface area contributed by atoms with Gasteiger partial charge in [-0.25, -0.2) is 9.37 Å². The van der Waals surface area contributed by atoms with Crippen molar-refractivity contribution < 1.29 is 9.18 Å². The lowest BCUT2D eigenvalue weighted by Crippen LogP contribution is -2.41. The Morgan fingerprint density at radius 1 is 1.45 bits per heavy atom. The average Bonchev–Trinajstić information content (AvgIpc) is 3.05. The highest BCUT2D eigenvalue weighted by Crippen LogP contribution is 2.24. The highest BCUT2D eigenvalue weighted by Gasteiger charge is 2.25. The normalized spacial score (nSPS) is 18.5. The van der Waals surface area contributed by atoms with Crippen LogP contribution in [0.1, 0.15) is 24.4 Å². The number of carbonyl (C=O) groups excluding carboxylic acids is 1. The van der Waals surface area contributed by atoms with Crippen molar-refractivity contribution in [1.82, 2.24) is 14.5 Å². The molecule has 6 heteroatoms. The summed E-state index contributed by atoms with van der Waals surface area (Å²) in [6.07, 6.45) is 7.36. The van der Waals surface area contributed by atoms with E-state index in [-0.39, 0.29) is 23.9 Å². The lowest BCUT2D eigenvalue weighted by Gasteiger charge is -2.33. The topological polar surface area (TPSA) is 38.1 Å². The van der Waals surface area contributed by atoms with Crippen molar-refractivity contribution in [3.63, 3.8) is 0 Å². The van der Waals surface area contributed by atoms with Crippen LogP contribution in [0.15, 0.2) is 36.9 Å². The Morgan fingerprint density at radius 3 is 3.05 bits per heavy atom. The summed E-state index contributed by atoms with van der Waals surface area (Å²) in [6, 6.07) is 4.72. The molecule has 1 saturated heterocycles. The second-order valence-corrected chi connectivity index (χ2v) is 5.93. The van der Waals surface area contributed by atoms with Crippen molar-refractivity contribution in [2.75, 3.05) is 13.1 Å². The van der Waals surface area contributed by atoms with Gasteiger partial charge in [-0.15, -0.1) is 0 Å². The predicted molar refractivity (Wildman–Crippen MR) is 82.2 cm³/mol. The van der Waals surface area contributed by atoms with E-state index in [1.807, 2.05) is 10.8 Å². The predicted octanol–water partition coefficient (Wildman–Crippen LogP) is 3.08. The molecule has 1 aromatic heterocycles. The van der Waals surface area contributed by atoms with Crippen LogP contribution in [0.25, 0.3) is 0 Å². The van der Waals surface area contributed by atoms with Gasteiger partial charge >= 0.3 is 0 Å². The Balaban J connectivity index is 1.70. The van der Waals surface area contributed by atoms with E-state index in [0.717, 1.165) is 12.8 Å². The Hall–Kier alpha value is -1.88. The van der Waals surface area contributed by atoms with Gasteiger partial charge in [0, 0.05) is 36.1 Å². The van der Waals surface area contributed by atoms with Gasteiger partial charge in [-0.3, -0.25) is 4.79 Å². The second kappa shape index (κ2) is 6.48. The fraction of sp³-hybridized carbons (Fsp3) is 0.375. The molecule has 0 N–H and O–H groups in total. The van der Waals surface area contributed by atoms with Crippen LogP contribution in [0, 0.1) is 5.82 Å². The summed E-state index contributed by atoms with van der Waals surface area (Å²) in [5.41, 5.74) is 0.277. The lowest BCUT2D eigenvalue weighted by molar-refractivity contribution is -0.132. The van der Waals surface area contributed by atoms with Gasteiger partial charge in [-0.2, -0.15) is 0 Å². The van der Waals surface area contributed by atoms with Gasteiger partial charge < -0.3 is 9.47 Å². The molecule has 0 spiro atoms. The molecule has 0 radical (unpaired) electrons. The molecule has 2 aromatic rings. The summed E-state index contributed by atoms with van der Waals surface area (Å²) >= 11 is 6.00. The lowest BCUT2D eigenvalue weighted by atomic mass is 10.0. The number of nitrogens with zero attached hydrogens (tertiary/aromatic N) is 3. The molecule has 1 atom stereocenters. The summed E-state index contributed by atoms with van der Waals surface area (Å²) in [6.45, 7) is 1.33. The number of piperidine rings is 1. The zero-order valence-electron chi connectivity index (χ0n) is 12.1. The molecule has 1 aromatic carbocycles. The molecular weight excluding hydrogens is 305 g/mol. The van der Waals surface area contributed by atoms with Gasteiger partial charge in [-0.05, 0) is 25.0 Å². The molecule has 1 aliphatic rings. The summed E-state index contributed by atoms with van der Waals surface area (Å²) in [4.78, 5) is 18.3. The van der Waals surface area contributed by atoms with Crippen LogP contribution >= 0.6 is 11.6 Å². The van der Waals surface area contributed by atoms with E-state index in [9.17, 15) is 9.18 Å². The van der Waals surface area contributed by atoms with E-state index < -0.39 is 5.82 Å². The zero-order valence-corrected chi connectivity index (χ0v) is 12.8. The number of halogens is 2. The van der Waals surface area contributed by atoms with Crippen molar-refractivity contribution in [3.05, 3.63) is 53.3 Å². The Labute approximate surface area is 133 Å². The van der Waals surface area contributed by atoms with Gasteiger partial charge in [0.25, 0.3) is 0 Å². The Bertz CT molecular complexity index is 639. The summed E-state index contributed by atoms with van der Waals surface area (Å²) in [7, 11) is 0. The van der Waals surface area contributed by atoms with Gasteiger partial charge in [0.15, 0.2) is 0 Å². The largest absolute Gasteiger partial charge is 0.340 e. The van der Waals surface area contributed by atoms with Crippen molar-refractivity contribution in [1.29, 1.82) is 0 Å². The summed E-state index contributed by atoms with van der Waals surface area (Å²) in [5, 5.41) is 0.302. The van der Waals surface area contributed by atoms with Crippen LogP contribution in [0.3, 0.4) is 0 Å². The first-order valence-electron chi connectivity index (χ1n) is 7.33. The first-order chi connectivity index (χ1) is 10.6. The molecule has 0 aliphatic carbocycles. The minimum atomic E-state index is -0.427. The molecule has 1 amide bonds. The van der Waals surface area contributed by atoms with Crippen LogP contribution < -0.4 is 0 Å². The van der Waals surface area contributed by atoms with Crippen molar-refractivity contribution in [2.24, 2.45) is 0 Å². The quantitative estimate of drug-likeness (QED) is 0.871. The van der Waals surface area contributed by atoms with Gasteiger partial charge in [0.1, 0.15) is 5.82 Å². The van der Waals surface area contributed by atoms with E-state index in [1.54, 1.807) is 29.6 Å².